The van der Waals surface area contributed by atoms with Crippen LogP contribution in [0.1, 0.15) is 39.7 Å². The van der Waals surface area contributed by atoms with Gasteiger partial charge in [0.05, 0.1) is 0 Å². The van der Waals surface area contributed by atoms with Gasteiger partial charge in [0.15, 0.2) is 0 Å². The van der Waals surface area contributed by atoms with E-state index in [1.165, 1.54) is 18.4 Å². The lowest BCUT2D eigenvalue weighted by atomic mass is 9.83. The first-order chi connectivity index (χ1) is 7.04. The third kappa shape index (κ3) is 4.35. The first-order valence-corrected chi connectivity index (χ1v) is 6.72. The molecule has 0 spiro atoms. The first-order valence-electron chi connectivity index (χ1n) is 5.78. The Morgan fingerprint density at radius 2 is 2.13 bits per heavy atom. The van der Waals surface area contributed by atoms with Crippen molar-refractivity contribution in [2.45, 2.75) is 46.6 Å². The van der Waals surface area contributed by atoms with E-state index in [0.29, 0.717) is 11.5 Å². The van der Waals surface area contributed by atoms with Crippen molar-refractivity contribution in [1.82, 2.24) is 5.32 Å². The van der Waals surface area contributed by atoms with Crippen molar-refractivity contribution in [1.29, 1.82) is 0 Å². The highest BCUT2D eigenvalue weighted by Crippen LogP contribution is 2.23. The average Bonchev–Trinajstić information content (AvgIpc) is 2.62. The molecule has 0 aliphatic rings. The third-order valence-corrected chi connectivity index (χ3v) is 3.53. The van der Waals surface area contributed by atoms with Crippen LogP contribution in [-0.4, -0.2) is 12.6 Å². The topological polar surface area (TPSA) is 12.0 Å². The molecular weight excluding hydrogens is 202 g/mol. The van der Waals surface area contributed by atoms with Gasteiger partial charge in [0, 0.05) is 6.04 Å². The molecular formula is C13H23NS. The smallest absolute Gasteiger partial charge is 0.0119 e. The van der Waals surface area contributed by atoms with Crippen molar-refractivity contribution in [3.63, 3.8) is 0 Å². The lowest BCUT2D eigenvalue weighted by Gasteiger charge is -2.31. The van der Waals surface area contributed by atoms with E-state index in [1.54, 1.807) is 11.3 Å². The van der Waals surface area contributed by atoms with Gasteiger partial charge in [-0.05, 0) is 47.2 Å². The maximum absolute atomic E-state index is 3.59. The Balaban J connectivity index is 2.45. The van der Waals surface area contributed by atoms with E-state index >= 15 is 0 Å². The number of rotatable bonds is 5. The highest BCUT2D eigenvalue weighted by Gasteiger charge is 2.22. The molecule has 86 valence electrons. The molecule has 0 bridgehead atoms. The molecule has 2 heteroatoms. The summed E-state index contributed by atoms with van der Waals surface area (Å²) in [6, 6.07) is 2.85. The lowest BCUT2D eigenvalue weighted by molar-refractivity contribution is 0.258. The number of hydrogen-bond acceptors (Lipinski definition) is 2. The van der Waals surface area contributed by atoms with Gasteiger partial charge < -0.3 is 5.32 Å². The molecule has 0 amide bonds. The minimum Gasteiger partial charge on any atom is -0.314 e. The monoisotopic (exact) mass is 225 g/mol. The Kier molecular flexibility index (Phi) is 4.81. The minimum absolute atomic E-state index is 0.353. The zero-order valence-corrected chi connectivity index (χ0v) is 11.2. The zero-order chi connectivity index (χ0) is 11.3. The summed E-state index contributed by atoms with van der Waals surface area (Å²) < 4.78 is 0. The molecule has 0 aliphatic carbocycles. The summed E-state index contributed by atoms with van der Waals surface area (Å²) >= 11 is 1.79. The van der Waals surface area contributed by atoms with Crippen LogP contribution < -0.4 is 5.32 Å². The molecule has 0 radical (unpaired) electrons. The molecule has 0 saturated heterocycles. The van der Waals surface area contributed by atoms with Crippen LogP contribution in [0, 0.1) is 5.41 Å². The third-order valence-electron chi connectivity index (χ3n) is 2.80. The number of nitrogens with one attached hydrogen (secondary N) is 1. The number of aryl methyl sites for hydroxylation is 1. The van der Waals surface area contributed by atoms with Crippen LogP contribution in [0.5, 0.6) is 0 Å². The van der Waals surface area contributed by atoms with Crippen LogP contribution in [0.4, 0.5) is 0 Å². The molecule has 15 heavy (non-hydrogen) atoms. The summed E-state index contributed by atoms with van der Waals surface area (Å²) in [4.78, 5) is 0. The van der Waals surface area contributed by atoms with Crippen molar-refractivity contribution >= 4 is 11.3 Å². The van der Waals surface area contributed by atoms with E-state index in [9.17, 15) is 0 Å². The average molecular weight is 225 g/mol. The van der Waals surface area contributed by atoms with Gasteiger partial charge in [-0.2, -0.15) is 11.3 Å². The van der Waals surface area contributed by atoms with Crippen LogP contribution >= 0.6 is 11.3 Å². The summed E-state index contributed by atoms with van der Waals surface area (Å²) in [6.07, 6.45) is 2.42. The second kappa shape index (κ2) is 5.66. The summed E-state index contributed by atoms with van der Waals surface area (Å²) in [5, 5.41) is 8.01. The first kappa shape index (κ1) is 12.7. The standard InChI is InChI=1S/C13H23NS/c1-5-14-12(13(2,3)4)7-6-11-8-9-15-10-11/h8-10,12,14H,5-7H2,1-4H3. The minimum atomic E-state index is 0.353. The van der Waals surface area contributed by atoms with Crippen LogP contribution in [0.25, 0.3) is 0 Å². The van der Waals surface area contributed by atoms with Crippen LogP contribution in [0.2, 0.25) is 0 Å². The van der Waals surface area contributed by atoms with E-state index in [2.05, 4.69) is 49.8 Å². The number of hydrogen-bond donors (Lipinski definition) is 1. The van der Waals surface area contributed by atoms with Crippen molar-refractivity contribution < 1.29 is 0 Å². The van der Waals surface area contributed by atoms with E-state index < -0.39 is 0 Å². The predicted molar refractivity (Wildman–Crippen MR) is 69.6 cm³/mol. The summed E-state index contributed by atoms with van der Waals surface area (Å²) in [5.41, 5.74) is 1.83. The van der Waals surface area contributed by atoms with Gasteiger partial charge in [0.2, 0.25) is 0 Å². The van der Waals surface area contributed by atoms with Gasteiger partial charge in [0.25, 0.3) is 0 Å². The number of thiophene rings is 1. The highest BCUT2D eigenvalue weighted by atomic mass is 32.1. The summed E-state index contributed by atoms with van der Waals surface area (Å²) in [6.45, 7) is 10.2. The second-order valence-electron chi connectivity index (χ2n) is 5.15. The van der Waals surface area contributed by atoms with E-state index in [0.717, 1.165) is 6.54 Å². The van der Waals surface area contributed by atoms with E-state index in [1.807, 2.05) is 0 Å². The van der Waals surface area contributed by atoms with Crippen molar-refractivity contribution in [3.05, 3.63) is 22.4 Å². The Bertz CT molecular complexity index is 259. The molecule has 1 unspecified atom stereocenters. The Morgan fingerprint density at radius 3 is 2.60 bits per heavy atom. The van der Waals surface area contributed by atoms with Gasteiger partial charge >= 0.3 is 0 Å². The Labute approximate surface area is 97.9 Å². The fraction of sp³-hybridized carbons (Fsp3) is 0.692. The normalized spacial score (nSPS) is 14.1. The molecule has 1 N–H and O–H groups in total. The predicted octanol–water partition coefficient (Wildman–Crippen LogP) is 3.70. The summed E-state index contributed by atoms with van der Waals surface area (Å²) in [7, 11) is 0. The molecule has 1 aromatic heterocycles. The van der Waals surface area contributed by atoms with Gasteiger partial charge in [-0.15, -0.1) is 0 Å². The molecule has 1 heterocycles. The molecule has 0 fully saturated rings. The molecule has 0 aromatic carbocycles. The highest BCUT2D eigenvalue weighted by molar-refractivity contribution is 7.07. The summed E-state index contributed by atoms with van der Waals surface area (Å²) in [5.74, 6) is 0. The fourth-order valence-corrected chi connectivity index (χ4v) is 2.54. The molecule has 1 atom stereocenters. The van der Waals surface area contributed by atoms with Gasteiger partial charge in [-0.1, -0.05) is 27.7 Å². The lowest BCUT2D eigenvalue weighted by Crippen LogP contribution is -2.40. The zero-order valence-electron chi connectivity index (χ0n) is 10.3. The SMILES string of the molecule is CCNC(CCc1ccsc1)C(C)(C)C. The van der Waals surface area contributed by atoms with Crippen molar-refractivity contribution in [3.8, 4) is 0 Å². The van der Waals surface area contributed by atoms with Gasteiger partial charge in [-0.25, -0.2) is 0 Å². The molecule has 1 rings (SSSR count). The second-order valence-corrected chi connectivity index (χ2v) is 5.93. The maximum Gasteiger partial charge on any atom is 0.0119 e. The van der Waals surface area contributed by atoms with E-state index in [4.69, 9.17) is 0 Å². The van der Waals surface area contributed by atoms with Gasteiger partial charge in [-0.3, -0.25) is 0 Å². The van der Waals surface area contributed by atoms with E-state index in [-0.39, 0.29) is 0 Å². The van der Waals surface area contributed by atoms with Gasteiger partial charge in [0.1, 0.15) is 0 Å². The Hall–Kier alpha value is -0.340. The molecule has 1 nitrogen and oxygen atoms in total. The van der Waals surface area contributed by atoms with Crippen molar-refractivity contribution in [2.24, 2.45) is 5.41 Å². The molecule has 1 aromatic rings. The van der Waals surface area contributed by atoms with Crippen LogP contribution in [0.15, 0.2) is 16.8 Å². The molecule has 0 saturated carbocycles. The Morgan fingerprint density at radius 1 is 1.40 bits per heavy atom. The van der Waals surface area contributed by atoms with Crippen LogP contribution in [-0.2, 0) is 6.42 Å². The van der Waals surface area contributed by atoms with Crippen LogP contribution in [0.3, 0.4) is 0 Å². The largest absolute Gasteiger partial charge is 0.314 e. The molecule has 0 aliphatic heterocycles. The van der Waals surface area contributed by atoms with Crippen molar-refractivity contribution in [2.75, 3.05) is 6.54 Å². The fourth-order valence-electron chi connectivity index (χ4n) is 1.83. The quantitative estimate of drug-likeness (QED) is 0.805. The maximum atomic E-state index is 3.59.